The molecule has 7 nitrogen and oxygen atoms in total. The number of carboxylic acids is 1. The van der Waals surface area contributed by atoms with Crippen molar-refractivity contribution in [1.82, 2.24) is 15.0 Å². The summed E-state index contributed by atoms with van der Waals surface area (Å²) in [6.45, 7) is 2.32. The van der Waals surface area contributed by atoms with Gasteiger partial charge in [-0.25, -0.2) is 0 Å². The highest BCUT2D eigenvalue weighted by Crippen LogP contribution is 2.20. The van der Waals surface area contributed by atoms with Gasteiger partial charge in [0.2, 0.25) is 11.8 Å². The smallest absolute Gasteiger partial charge is 0.305 e. The Morgan fingerprint density at radius 3 is 3.00 bits per heavy atom. The van der Waals surface area contributed by atoms with E-state index in [-0.39, 0.29) is 24.8 Å². The van der Waals surface area contributed by atoms with Gasteiger partial charge >= 0.3 is 5.97 Å². The lowest BCUT2D eigenvalue weighted by atomic mass is 10.1. The Bertz CT molecular complexity index is 491. The van der Waals surface area contributed by atoms with Crippen molar-refractivity contribution in [2.75, 3.05) is 18.1 Å². The summed E-state index contributed by atoms with van der Waals surface area (Å²) in [4.78, 5) is 28.8. The van der Waals surface area contributed by atoms with Gasteiger partial charge in [0, 0.05) is 30.9 Å². The molecule has 1 unspecified atom stereocenters. The van der Waals surface area contributed by atoms with Crippen LogP contribution >= 0.6 is 11.8 Å². The molecule has 1 aromatic rings. The van der Waals surface area contributed by atoms with Gasteiger partial charge in [0.05, 0.1) is 12.5 Å². The van der Waals surface area contributed by atoms with Crippen molar-refractivity contribution in [3.63, 3.8) is 0 Å². The summed E-state index contributed by atoms with van der Waals surface area (Å²) in [7, 11) is 0. The second-order valence-corrected chi connectivity index (χ2v) is 5.80. The molecule has 1 fully saturated rings. The van der Waals surface area contributed by atoms with Crippen LogP contribution in [0.1, 0.15) is 24.6 Å². The summed E-state index contributed by atoms with van der Waals surface area (Å²) < 4.78 is 4.96. The average molecular weight is 299 g/mol. The van der Waals surface area contributed by atoms with Crippen LogP contribution in [0.2, 0.25) is 0 Å². The van der Waals surface area contributed by atoms with Crippen LogP contribution in [0, 0.1) is 6.92 Å². The second-order valence-electron chi connectivity index (χ2n) is 4.65. The van der Waals surface area contributed by atoms with E-state index in [1.165, 1.54) is 0 Å². The number of aromatic nitrogens is 2. The van der Waals surface area contributed by atoms with Crippen molar-refractivity contribution in [2.24, 2.45) is 0 Å². The molecular formula is C12H17N3O4S. The summed E-state index contributed by atoms with van der Waals surface area (Å²) in [5, 5.41) is 12.6. The van der Waals surface area contributed by atoms with Gasteiger partial charge in [-0.2, -0.15) is 16.7 Å². The van der Waals surface area contributed by atoms with Crippen LogP contribution < -0.4 is 0 Å². The third kappa shape index (κ3) is 3.96. The molecule has 1 aromatic heterocycles. The van der Waals surface area contributed by atoms with Crippen LogP contribution in [-0.2, 0) is 16.0 Å². The van der Waals surface area contributed by atoms with Gasteiger partial charge in [0.25, 0.3) is 0 Å². The molecule has 110 valence electrons. The molecule has 0 saturated carbocycles. The van der Waals surface area contributed by atoms with Gasteiger partial charge in [0.15, 0.2) is 5.82 Å². The number of carboxylic acid groups (broad SMARTS) is 1. The minimum atomic E-state index is -0.872. The Labute approximate surface area is 120 Å². The van der Waals surface area contributed by atoms with Crippen molar-refractivity contribution >= 4 is 23.6 Å². The van der Waals surface area contributed by atoms with E-state index in [1.54, 1.807) is 23.6 Å². The molecular weight excluding hydrogens is 282 g/mol. The molecule has 20 heavy (non-hydrogen) atoms. The van der Waals surface area contributed by atoms with Gasteiger partial charge in [-0.1, -0.05) is 5.16 Å². The van der Waals surface area contributed by atoms with Crippen molar-refractivity contribution < 1.29 is 19.2 Å². The first-order chi connectivity index (χ1) is 9.56. The first kappa shape index (κ1) is 14.8. The van der Waals surface area contributed by atoms with E-state index in [0.29, 0.717) is 30.4 Å². The number of aryl methyl sites for hydroxylation is 2. The van der Waals surface area contributed by atoms with Crippen molar-refractivity contribution in [3.05, 3.63) is 11.7 Å². The van der Waals surface area contributed by atoms with Crippen LogP contribution in [0.3, 0.4) is 0 Å². The highest BCUT2D eigenvalue weighted by Gasteiger charge is 2.28. The topological polar surface area (TPSA) is 96.5 Å². The molecule has 1 amide bonds. The molecule has 2 heterocycles. The molecule has 0 aliphatic carbocycles. The van der Waals surface area contributed by atoms with Gasteiger partial charge in [-0.3, -0.25) is 9.59 Å². The summed E-state index contributed by atoms with van der Waals surface area (Å²) in [6, 6.07) is -0.219. The third-order valence-corrected chi connectivity index (χ3v) is 4.17. The van der Waals surface area contributed by atoms with E-state index in [2.05, 4.69) is 10.1 Å². The maximum absolute atomic E-state index is 12.2. The fraction of sp³-hybridized carbons (Fsp3) is 0.667. The van der Waals surface area contributed by atoms with Crippen LogP contribution in [-0.4, -0.2) is 56.1 Å². The highest BCUT2D eigenvalue weighted by molar-refractivity contribution is 7.99. The number of rotatable bonds is 5. The predicted octanol–water partition coefficient (Wildman–Crippen LogP) is 0.729. The molecule has 2 rings (SSSR count). The maximum Gasteiger partial charge on any atom is 0.305 e. The lowest BCUT2D eigenvalue weighted by molar-refractivity contribution is -0.140. The van der Waals surface area contributed by atoms with Gasteiger partial charge in [-0.05, 0) is 6.92 Å². The van der Waals surface area contributed by atoms with Crippen LogP contribution in [0.4, 0.5) is 0 Å². The SMILES string of the molecule is Cc1noc(CCC(=O)N2CCSCC2CC(=O)O)n1. The zero-order chi connectivity index (χ0) is 14.5. The number of aliphatic carboxylic acids is 1. The Morgan fingerprint density at radius 2 is 2.35 bits per heavy atom. The summed E-state index contributed by atoms with van der Waals surface area (Å²) in [5.41, 5.74) is 0. The monoisotopic (exact) mass is 299 g/mol. The lowest BCUT2D eigenvalue weighted by Crippen LogP contribution is -2.47. The Balaban J connectivity index is 1.90. The maximum atomic E-state index is 12.2. The zero-order valence-corrected chi connectivity index (χ0v) is 12.1. The van der Waals surface area contributed by atoms with Gasteiger partial charge < -0.3 is 14.5 Å². The minimum Gasteiger partial charge on any atom is -0.481 e. The van der Waals surface area contributed by atoms with Gasteiger partial charge in [0.1, 0.15) is 0 Å². The largest absolute Gasteiger partial charge is 0.481 e. The summed E-state index contributed by atoms with van der Waals surface area (Å²) in [5.74, 6) is 1.59. The number of hydrogen-bond acceptors (Lipinski definition) is 6. The molecule has 1 aliphatic rings. The predicted molar refractivity (Wildman–Crippen MR) is 72.4 cm³/mol. The number of amides is 1. The van der Waals surface area contributed by atoms with Crippen LogP contribution in [0.25, 0.3) is 0 Å². The molecule has 1 atom stereocenters. The molecule has 8 heteroatoms. The third-order valence-electron chi connectivity index (χ3n) is 3.08. The Kier molecular flexibility index (Phi) is 4.99. The number of carbonyl (C=O) groups is 2. The molecule has 0 bridgehead atoms. The molecule has 1 saturated heterocycles. The first-order valence-electron chi connectivity index (χ1n) is 6.44. The minimum absolute atomic E-state index is 0.00158. The second kappa shape index (κ2) is 6.74. The zero-order valence-electron chi connectivity index (χ0n) is 11.2. The Hall–Kier alpha value is -1.57. The van der Waals surface area contributed by atoms with Gasteiger partial charge in [-0.15, -0.1) is 0 Å². The van der Waals surface area contributed by atoms with E-state index < -0.39 is 5.97 Å². The fourth-order valence-electron chi connectivity index (χ4n) is 2.15. The quantitative estimate of drug-likeness (QED) is 0.856. The van der Waals surface area contributed by atoms with E-state index in [0.717, 1.165) is 5.75 Å². The van der Waals surface area contributed by atoms with Crippen LogP contribution in [0.15, 0.2) is 4.52 Å². The number of carbonyl (C=O) groups excluding carboxylic acids is 1. The molecule has 1 N–H and O–H groups in total. The number of thioether (sulfide) groups is 1. The molecule has 0 radical (unpaired) electrons. The number of nitrogens with zero attached hydrogens (tertiary/aromatic N) is 3. The normalized spacial score (nSPS) is 19.1. The van der Waals surface area contributed by atoms with E-state index in [1.807, 2.05) is 0 Å². The standard InChI is InChI=1S/C12H17N3O4S/c1-8-13-10(19-14-8)2-3-11(16)15-4-5-20-7-9(15)6-12(17)18/h9H,2-7H2,1H3,(H,17,18). The van der Waals surface area contributed by atoms with E-state index >= 15 is 0 Å². The first-order valence-corrected chi connectivity index (χ1v) is 7.60. The van der Waals surface area contributed by atoms with Crippen molar-refractivity contribution in [1.29, 1.82) is 0 Å². The average Bonchev–Trinajstić information content (AvgIpc) is 2.82. The van der Waals surface area contributed by atoms with Crippen molar-refractivity contribution in [3.8, 4) is 0 Å². The Morgan fingerprint density at radius 1 is 1.55 bits per heavy atom. The number of hydrogen-bond donors (Lipinski definition) is 1. The molecule has 0 aromatic carbocycles. The summed E-state index contributed by atoms with van der Waals surface area (Å²) in [6.07, 6.45) is 0.657. The molecule has 0 spiro atoms. The van der Waals surface area contributed by atoms with E-state index in [4.69, 9.17) is 9.63 Å². The van der Waals surface area contributed by atoms with E-state index in [9.17, 15) is 9.59 Å². The summed E-state index contributed by atoms with van der Waals surface area (Å²) >= 11 is 1.69. The van der Waals surface area contributed by atoms with Crippen LogP contribution in [0.5, 0.6) is 0 Å². The highest BCUT2D eigenvalue weighted by atomic mass is 32.2. The molecule has 1 aliphatic heterocycles. The van der Waals surface area contributed by atoms with Crippen molar-refractivity contribution in [2.45, 2.75) is 32.2 Å². The fourth-order valence-corrected chi connectivity index (χ4v) is 3.22. The lowest BCUT2D eigenvalue weighted by Gasteiger charge is -2.34.